The van der Waals surface area contributed by atoms with Crippen LogP contribution >= 0.6 is 11.8 Å². The van der Waals surface area contributed by atoms with Crippen molar-refractivity contribution < 1.29 is 9.53 Å². The third-order valence-electron chi connectivity index (χ3n) is 7.12. The quantitative estimate of drug-likeness (QED) is 0.152. The van der Waals surface area contributed by atoms with E-state index in [1.165, 1.54) is 56.3 Å². The first-order chi connectivity index (χ1) is 17.2. The summed E-state index contributed by atoms with van der Waals surface area (Å²) in [5, 5.41) is 1.16. The number of aromatic amines is 1. The zero-order valence-corrected chi connectivity index (χ0v) is 22.0. The second-order valence-electron chi connectivity index (χ2n) is 9.74. The number of piperidine rings is 1. The van der Waals surface area contributed by atoms with Gasteiger partial charge in [-0.15, -0.1) is 0 Å². The smallest absolute Gasteiger partial charge is 0.311 e. The van der Waals surface area contributed by atoms with Gasteiger partial charge in [-0.1, -0.05) is 62.9 Å². The number of H-pyrrole nitrogens is 1. The summed E-state index contributed by atoms with van der Waals surface area (Å²) in [5.41, 5.74) is 3.88. The molecule has 5 heteroatoms. The molecule has 0 amide bonds. The topological polar surface area (TPSA) is 45.3 Å². The molecule has 0 spiro atoms. The van der Waals surface area contributed by atoms with Gasteiger partial charge in [-0.2, -0.15) is 11.8 Å². The zero-order chi connectivity index (χ0) is 24.3. The Labute approximate surface area is 214 Å². The second kappa shape index (κ2) is 13.7. The van der Waals surface area contributed by atoms with Crippen LogP contribution in [0.4, 0.5) is 0 Å². The first-order valence-corrected chi connectivity index (χ1v) is 14.5. The fourth-order valence-corrected chi connectivity index (χ4v) is 5.98. The van der Waals surface area contributed by atoms with Crippen molar-refractivity contribution in [2.24, 2.45) is 0 Å². The summed E-state index contributed by atoms with van der Waals surface area (Å²) in [4.78, 5) is 18.2. The van der Waals surface area contributed by atoms with Gasteiger partial charge in [-0.25, -0.2) is 0 Å². The van der Waals surface area contributed by atoms with Crippen LogP contribution in [0.5, 0.6) is 5.75 Å². The number of hydrogen-bond donors (Lipinski definition) is 1. The maximum Gasteiger partial charge on any atom is 0.311 e. The van der Waals surface area contributed by atoms with Gasteiger partial charge in [0.15, 0.2) is 0 Å². The molecule has 2 heterocycles. The number of thioether (sulfide) groups is 1. The minimum absolute atomic E-state index is 0.122. The highest BCUT2D eigenvalue weighted by Gasteiger charge is 2.20. The number of unbranched alkanes of at least 4 members (excludes halogenated alkanes) is 4. The third-order valence-corrected chi connectivity index (χ3v) is 8.11. The fraction of sp³-hybridized carbons (Fsp3) is 0.500. The van der Waals surface area contributed by atoms with Crippen LogP contribution in [0.15, 0.2) is 54.7 Å². The number of ether oxygens (including phenoxy) is 1. The average molecular weight is 493 g/mol. The van der Waals surface area contributed by atoms with E-state index < -0.39 is 0 Å². The van der Waals surface area contributed by atoms with E-state index in [0.717, 1.165) is 47.7 Å². The van der Waals surface area contributed by atoms with Crippen LogP contribution in [0.2, 0.25) is 0 Å². The molecule has 1 aromatic heterocycles. The first-order valence-electron chi connectivity index (χ1n) is 13.4. The van der Waals surface area contributed by atoms with Gasteiger partial charge in [-0.3, -0.25) is 4.79 Å². The Kier molecular flexibility index (Phi) is 10.1. The molecule has 0 saturated carbocycles. The fourth-order valence-electron chi connectivity index (χ4n) is 4.99. The van der Waals surface area contributed by atoms with Crippen LogP contribution in [-0.2, 0) is 10.5 Å². The summed E-state index contributed by atoms with van der Waals surface area (Å²) >= 11 is 1.98. The summed E-state index contributed by atoms with van der Waals surface area (Å²) in [6.45, 7) is 5.74. The van der Waals surface area contributed by atoms with Gasteiger partial charge < -0.3 is 14.6 Å². The zero-order valence-electron chi connectivity index (χ0n) is 21.1. The van der Waals surface area contributed by atoms with Crippen molar-refractivity contribution in [3.8, 4) is 5.75 Å². The Morgan fingerprint density at radius 1 is 1.06 bits per heavy atom. The number of benzene rings is 2. The van der Waals surface area contributed by atoms with Gasteiger partial charge in [0.25, 0.3) is 0 Å². The van der Waals surface area contributed by atoms with E-state index in [4.69, 9.17) is 4.74 Å². The van der Waals surface area contributed by atoms with Gasteiger partial charge in [0.2, 0.25) is 0 Å². The molecular formula is C30H40N2O2S. The Morgan fingerprint density at radius 3 is 2.66 bits per heavy atom. The number of carbonyl (C=O) groups is 1. The van der Waals surface area contributed by atoms with Crippen LogP contribution in [0.25, 0.3) is 10.9 Å². The number of fused-ring (bicyclic) bond motifs is 1. The largest absolute Gasteiger partial charge is 0.427 e. The highest BCUT2D eigenvalue weighted by atomic mass is 32.2. The number of nitrogens with one attached hydrogen (secondary N) is 1. The van der Waals surface area contributed by atoms with Gasteiger partial charge in [0.1, 0.15) is 5.75 Å². The highest BCUT2D eigenvalue weighted by Crippen LogP contribution is 2.29. The number of likely N-dealkylation sites (tertiary alicyclic amines) is 1. The van der Waals surface area contributed by atoms with E-state index >= 15 is 0 Å². The lowest BCUT2D eigenvalue weighted by Crippen LogP contribution is -2.34. The number of carbonyl (C=O) groups excluding carboxylic acids is 1. The second-order valence-corrected chi connectivity index (χ2v) is 10.8. The summed E-state index contributed by atoms with van der Waals surface area (Å²) in [6.07, 6.45) is 10.8. The molecule has 0 bridgehead atoms. The number of aromatic nitrogens is 1. The van der Waals surface area contributed by atoms with E-state index in [2.05, 4.69) is 53.3 Å². The summed E-state index contributed by atoms with van der Waals surface area (Å²) in [7, 11) is 0. The molecule has 0 atom stereocenters. The van der Waals surface area contributed by atoms with Crippen molar-refractivity contribution in [2.45, 2.75) is 70.0 Å². The molecule has 4 rings (SSSR count). The molecule has 3 aromatic rings. The molecule has 1 saturated heterocycles. The van der Waals surface area contributed by atoms with E-state index in [-0.39, 0.29) is 5.97 Å². The molecule has 1 N–H and O–H groups in total. The molecule has 1 fully saturated rings. The molecular weight excluding hydrogens is 452 g/mol. The van der Waals surface area contributed by atoms with Crippen LogP contribution < -0.4 is 4.74 Å². The number of hydrogen-bond acceptors (Lipinski definition) is 4. The minimum Gasteiger partial charge on any atom is -0.427 e. The molecule has 35 heavy (non-hydrogen) atoms. The number of nitrogens with zero attached hydrogens (tertiary/aromatic N) is 1. The lowest BCUT2D eigenvalue weighted by Gasteiger charge is -2.32. The van der Waals surface area contributed by atoms with Crippen LogP contribution in [0, 0.1) is 0 Å². The lowest BCUT2D eigenvalue weighted by atomic mass is 9.89. The van der Waals surface area contributed by atoms with Crippen molar-refractivity contribution in [1.29, 1.82) is 0 Å². The monoisotopic (exact) mass is 492 g/mol. The van der Waals surface area contributed by atoms with Crippen LogP contribution in [0.3, 0.4) is 0 Å². The Morgan fingerprint density at radius 2 is 1.86 bits per heavy atom. The first kappa shape index (κ1) is 25.8. The molecule has 1 aliphatic rings. The molecule has 0 unspecified atom stereocenters. The maximum atomic E-state index is 12.2. The van der Waals surface area contributed by atoms with Gasteiger partial charge in [0.05, 0.1) is 0 Å². The van der Waals surface area contributed by atoms with Gasteiger partial charge in [0, 0.05) is 41.6 Å². The molecule has 0 aliphatic carbocycles. The van der Waals surface area contributed by atoms with Crippen molar-refractivity contribution in [2.75, 3.05) is 25.4 Å². The summed E-state index contributed by atoms with van der Waals surface area (Å²) in [6, 6.07) is 16.9. The molecule has 0 radical (unpaired) electrons. The van der Waals surface area contributed by atoms with E-state index in [1.807, 2.05) is 30.0 Å². The Hall–Kier alpha value is -2.24. The normalized spacial score (nSPS) is 15.0. The molecule has 188 valence electrons. The van der Waals surface area contributed by atoms with E-state index in [9.17, 15) is 4.79 Å². The summed E-state index contributed by atoms with van der Waals surface area (Å²) in [5.74, 6) is 3.35. The third kappa shape index (κ3) is 7.88. The molecule has 4 nitrogen and oxygen atoms in total. The Bertz CT molecular complexity index is 1040. The van der Waals surface area contributed by atoms with E-state index in [1.54, 1.807) is 0 Å². The molecule has 1 aliphatic heterocycles. The predicted molar refractivity (Wildman–Crippen MR) is 148 cm³/mol. The predicted octanol–water partition coefficient (Wildman–Crippen LogP) is 7.55. The molecule has 2 aromatic carbocycles. The van der Waals surface area contributed by atoms with Crippen molar-refractivity contribution >= 4 is 28.6 Å². The van der Waals surface area contributed by atoms with Gasteiger partial charge >= 0.3 is 5.97 Å². The van der Waals surface area contributed by atoms with Crippen molar-refractivity contribution in [1.82, 2.24) is 9.88 Å². The van der Waals surface area contributed by atoms with Crippen LogP contribution in [0.1, 0.15) is 75.3 Å². The van der Waals surface area contributed by atoms with Crippen molar-refractivity contribution in [3.05, 3.63) is 65.9 Å². The number of rotatable bonds is 13. The minimum atomic E-state index is -0.122. The van der Waals surface area contributed by atoms with Crippen molar-refractivity contribution in [3.63, 3.8) is 0 Å². The van der Waals surface area contributed by atoms with E-state index in [0.29, 0.717) is 12.2 Å². The van der Waals surface area contributed by atoms with Gasteiger partial charge in [-0.05, 0) is 67.6 Å². The number of esters is 1. The Balaban J connectivity index is 1.19. The summed E-state index contributed by atoms with van der Waals surface area (Å²) < 4.78 is 5.63. The lowest BCUT2D eigenvalue weighted by molar-refractivity contribution is -0.134. The maximum absolute atomic E-state index is 12.2. The highest BCUT2D eigenvalue weighted by molar-refractivity contribution is 7.98. The standard InChI is InChI=1S/C30H40N2O2S/c1-2-3-4-5-9-12-30(33)34-27-13-14-29-28(21-27)26(22-31-29)23-35-20-19-32-17-15-25(16-18-32)24-10-7-6-8-11-24/h6-8,10-11,13-14,21-22,25,31H,2-5,9,12,15-20,23H2,1H3. The van der Waals surface area contributed by atoms with Crippen LogP contribution in [-0.4, -0.2) is 41.2 Å². The SMILES string of the molecule is CCCCCCCC(=O)Oc1ccc2[nH]cc(CSCCN3CCC(c4ccccc4)CC3)c2c1. The average Bonchev–Trinajstić information content (AvgIpc) is 3.29.